The van der Waals surface area contributed by atoms with E-state index in [0.717, 1.165) is 10.0 Å². The first-order valence-corrected chi connectivity index (χ1v) is 8.01. The van der Waals surface area contributed by atoms with E-state index >= 15 is 0 Å². The molecule has 2 aromatic rings. The quantitative estimate of drug-likeness (QED) is 0.619. The molecule has 0 amide bonds. The fraction of sp³-hybridized carbons (Fsp3) is 0.222. The number of ether oxygens (including phenoxy) is 1. The normalized spacial score (nSPS) is 13.2. The van der Waals surface area contributed by atoms with Crippen LogP contribution in [0.2, 0.25) is 0 Å². The minimum absolute atomic E-state index is 0.123. The van der Waals surface area contributed by atoms with Gasteiger partial charge in [-0.2, -0.15) is 0 Å². The Morgan fingerprint density at radius 2 is 1.65 bits per heavy atom. The zero-order valence-electron chi connectivity index (χ0n) is 13.0. The maximum atomic E-state index is 12.8. The number of halogens is 1. The number of Topliss-reactive ketones (excluding diaryl/α,β-unsaturated/α-hetero) is 1. The summed E-state index contributed by atoms with van der Waals surface area (Å²) in [6, 6.07) is 15.7. The number of ketones is 1. The molecule has 2 rings (SSSR count). The number of rotatable bonds is 6. The molecule has 0 saturated carbocycles. The largest absolute Gasteiger partial charge is 0.455 e. The Kier molecular flexibility index (Phi) is 6.07. The maximum absolute atomic E-state index is 12.8. The molecule has 0 spiro atoms. The van der Waals surface area contributed by atoms with Gasteiger partial charge >= 0.3 is 5.97 Å². The van der Waals surface area contributed by atoms with Crippen LogP contribution in [-0.4, -0.2) is 24.8 Å². The molecule has 23 heavy (non-hydrogen) atoms. The van der Waals surface area contributed by atoms with Gasteiger partial charge in [-0.1, -0.05) is 58.4 Å². The second-order valence-corrected chi connectivity index (χ2v) is 5.99. The zero-order chi connectivity index (χ0) is 16.8. The van der Waals surface area contributed by atoms with E-state index < -0.39 is 18.1 Å². The average molecular weight is 376 g/mol. The number of hydrogen-bond donors (Lipinski definition) is 1. The fourth-order valence-corrected chi connectivity index (χ4v) is 2.63. The summed E-state index contributed by atoms with van der Waals surface area (Å²) in [7, 11) is 1.68. The van der Waals surface area contributed by atoms with Crippen LogP contribution >= 0.6 is 15.9 Å². The molecule has 0 saturated heterocycles. The molecule has 0 aliphatic heterocycles. The molecule has 0 aromatic heterocycles. The monoisotopic (exact) mass is 375 g/mol. The van der Waals surface area contributed by atoms with Crippen molar-refractivity contribution in [1.29, 1.82) is 0 Å². The van der Waals surface area contributed by atoms with Crippen LogP contribution in [0, 0.1) is 0 Å². The molecule has 0 radical (unpaired) electrons. The summed E-state index contributed by atoms with van der Waals surface area (Å²) in [5, 5.41) is 2.98. The van der Waals surface area contributed by atoms with Crippen LogP contribution in [0.15, 0.2) is 59.1 Å². The van der Waals surface area contributed by atoms with Crippen LogP contribution < -0.4 is 5.32 Å². The molecular weight excluding hydrogens is 358 g/mol. The van der Waals surface area contributed by atoms with E-state index in [0.29, 0.717) is 5.56 Å². The minimum atomic E-state index is -0.696. The first-order valence-electron chi connectivity index (χ1n) is 7.22. The van der Waals surface area contributed by atoms with E-state index in [9.17, 15) is 9.59 Å². The topological polar surface area (TPSA) is 55.4 Å². The van der Waals surface area contributed by atoms with Crippen molar-refractivity contribution in [1.82, 2.24) is 5.32 Å². The second kappa shape index (κ2) is 8.04. The lowest BCUT2D eigenvalue weighted by molar-refractivity contribution is -0.147. The number of hydrogen-bond acceptors (Lipinski definition) is 4. The van der Waals surface area contributed by atoms with Gasteiger partial charge in [0.15, 0.2) is 5.78 Å². The number of carbonyl (C=O) groups is 2. The van der Waals surface area contributed by atoms with Crippen molar-refractivity contribution in [2.75, 3.05) is 7.05 Å². The Balaban J connectivity index is 2.37. The van der Waals surface area contributed by atoms with Gasteiger partial charge in [0.2, 0.25) is 0 Å². The molecule has 0 heterocycles. The highest BCUT2D eigenvalue weighted by atomic mass is 79.9. The molecule has 0 aliphatic carbocycles. The van der Waals surface area contributed by atoms with Crippen LogP contribution in [0.25, 0.3) is 0 Å². The smallest absolute Gasteiger partial charge is 0.303 e. The van der Waals surface area contributed by atoms with Gasteiger partial charge in [0.1, 0.15) is 12.1 Å². The summed E-state index contributed by atoms with van der Waals surface area (Å²) < 4.78 is 6.35. The minimum Gasteiger partial charge on any atom is -0.455 e. The molecule has 1 N–H and O–H groups in total. The lowest BCUT2D eigenvalue weighted by Gasteiger charge is -2.26. The van der Waals surface area contributed by atoms with Crippen molar-refractivity contribution in [3.8, 4) is 0 Å². The van der Waals surface area contributed by atoms with E-state index in [2.05, 4.69) is 21.2 Å². The highest BCUT2D eigenvalue weighted by molar-refractivity contribution is 9.10. The van der Waals surface area contributed by atoms with Crippen LogP contribution in [-0.2, 0) is 9.53 Å². The van der Waals surface area contributed by atoms with Crippen molar-refractivity contribution in [3.63, 3.8) is 0 Å². The summed E-state index contributed by atoms with van der Waals surface area (Å²) in [5.41, 5.74) is 1.33. The third kappa shape index (κ3) is 4.50. The van der Waals surface area contributed by atoms with E-state index in [1.54, 1.807) is 31.3 Å². The Hall–Kier alpha value is -1.98. The number of benzene rings is 2. The summed E-state index contributed by atoms with van der Waals surface area (Å²) in [6.45, 7) is 1.34. The summed E-state index contributed by atoms with van der Waals surface area (Å²) >= 11 is 3.37. The molecule has 120 valence electrons. The summed E-state index contributed by atoms with van der Waals surface area (Å²) in [4.78, 5) is 24.3. The third-order valence-electron chi connectivity index (χ3n) is 3.45. The average Bonchev–Trinajstić information content (AvgIpc) is 2.55. The Bertz CT molecular complexity index is 670. The lowest BCUT2D eigenvalue weighted by Crippen LogP contribution is -2.41. The Labute approximate surface area is 144 Å². The van der Waals surface area contributed by atoms with E-state index in [1.807, 2.05) is 30.3 Å². The molecule has 4 nitrogen and oxygen atoms in total. The van der Waals surface area contributed by atoms with Gasteiger partial charge in [-0.3, -0.25) is 9.59 Å². The standard InChI is InChI=1S/C18H18BrNO3/c1-12(21)23-18(14-8-10-15(19)11-9-14)16(20-2)17(22)13-6-4-3-5-7-13/h3-11,16,18,20H,1-2H3/t16-,18-/m0/s1. The molecule has 0 aliphatic rings. The number of nitrogens with one attached hydrogen (secondary N) is 1. The van der Waals surface area contributed by atoms with Gasteiger partial charge in [0.25, 0.3) is 0 Å². The van der Waals surface area contributed by atoms with E-state index in [4.69, 9.17) is 4.74 Å². The molecule has 5 heteroatoms. The SMILES string of the molecule is CN[C@@H](C(=O)c1ccccc1)[C@@H](OC(C)=O)c1ccc(Br)cc1. The number of likely N-dealkylation sites (N-methyl/N-ethyl adjacent to an activating group) is 1. The van der Waals surface area contributed by atoms with E-state index in [1.165, 1.54) is 6.92 Å². The molecular formula is C18H18BrNO3. The number of esters is 1. The zero-order valence-corrected chi connectivity index (χ0v) is 14.5. The van der Waals surface area contributed by atoms with Crippen LogP contribution in [0.3, 0.4) is 0 Å². The summed E-state index contributed by atoms with van der Waals surface area (Å²) in [5.74, 6) is -0.554. The first kappa shape index (κ1) is 17.4. The van der Waals surface area contributed by atoms with Crippen molar-refractivity contribution in [2.24, 2.45) is 0 Å². The Morgan fingerprint density at radius 1 is 1.04 bits per heavy atom. The first-order chi connectivity index (χ1) is 11.0. The van der Waals surface area contributed by atoms with E-state index in [-0.39, 0.29) is 5.78 Å². The number of carbonyl (C=O) groups excluding carboxylic acids is 2. The molecule has 0 unspecified atom stereocenters. The Morgan fingerprint density at radius 3 is 2.17 bits per heavy atom. The molecule has 2 atom stereocenters. The van der Waals surface area contributed by atoms with Crippen molar-refractivity contribution in [2.45, 2.75) is 19.1 Å². The summed E-state index contributed by atoms with van der Waals surface area (Å²) in [6.07, 6.45) is -0.696. The fourth-order valence-electron chi connectivity index (χ4n) is 2.36. The van der Waals surface area contributed by atoms with Crippen molar-refractivity contribution in [3.05, 3.63) is 70.2 Å². The predicted molar refractivity (Wildman–Crippen MR) is 92.3 cm³/mol. The van der Waals surface area contributed by atoms with Gasteiger partial charge in [-0.05, 0) is 24.7 Å². The highest BCUT2D eigenvalue weighted by Gasteiger charge is 2.31. The van der Waals surface area contributed by atoms with Crippen LogP contribution in [0.1, 0.15) is 28.9 Å². The van der Waals surface area contributed by atoms with Crippen molar-refractivity contribution < 1.29 is 14.3 Å². The van der Waals surface area contributed by atoms with Crippen molar-refractivity contribution >= 4 is 27.7 Å². The van der Waals surface area contributed by atoms with Gasteiger partial charge in [-0.25, -0.2) is 0 Å². The van der Waals surface area contributed by atoms with Gasteiger partial charge in [0, 0.05) is 17.0 Å². The second-order valence-electron chi connectivity index (χ2n) is 5.08. The predicted octanol–water partition coefficient (Wildman–Crippen LogP) is 3.52. The molecule has 0 bridgehead atoms. The van der Waals surface area contributed by atoms with Gasteiger partial charge < -0.3 is 10.1 Å². The van der Waals surface area contributed by atoms with Gasteiger partial charge in [-0.15, -0.1) is 0 Å². The molecule has 2 aromatic carbocycles. The maximum Gasteiger partial charge on any atom is 0.303 e. The molecule has 0 fully saturated rings. The third-order valence-corrected chi connectivity index (χ3v) is 3.97. The van der Waals surface area contributed by atoms with Gasteiger partial charge in [0.05, 0.1) is 0 Å². The highest BCUT2D eigenvalue weighted by Crippen LogP contribution is 2.25. The van der Waals surface area contributed by atoms with Crippen LogP contribution in [0.5, 0.6) is 0 Å². The van der Waals surface area contributed by atoms with Crippen LogP contribution in [0.4, 0.5) is 0 Å². The lowest BCUT2D eigenvalue weighted by atomic mass is 9.95.